The zero-order valence-electron chi connectivity index (χ0n) is 13.5. The van der Waals surface area contributed by atoms with Gasteiger partial charge in [-0.3, -0.25) is 4.79 Å². The second kappa shape index (κ2) is 7.64. The fourth-order valence-corrected chi connectivity index (χ4v) is 3.03. The van der Waals surface area contributed by atoms with Gasteiger partial charge in [0.25, 0.3) is 5.91 Å². The first-order valence-corrected chi connectivity index (χ1v) is 8.57. The molecule has 3 rings (SSSR count). The van der Waals surface area contributed by atoms with Gasteiger partial charge >= 0.3 is 0 Å². The van der Waals surface area contributed by atoms with E-state index in [2.05, 4.69) is 20.9 Å². The number of ether oxygens (including phenoxy) is 1. The van der Waals surface area contributed by atoms with Crippen molar-refractivity contribution in [3.8, 4) is 0 Å². The summed E-state index contributed by atoms with van der Waals surface area (Å²) in [5.74, 6) is -0.0248. The monoisotopic (exact) mass is 386 g/mol. The standard InChI is InChI=1S/C19H19BrN2O2/c1-24-10-9-22(13-14-5-3-2-4-6-14)19(23)18-12-15-11-16(20)7-8-17(15)21-18/h2-8,11-12,21H,9-10,13H2,1H3. The average Bonchev–Trinajstić information content (AvgIpc) is 3.02. The maximum absolute atomic E-state index is 12.9. The minimum atomic E-state index is -0.0248. The number of aromatic amines is 1. The lowest BCUT2D eigenvalue weighted by atomic mass is 10.2. The van der Waals surface area contributed by atoms with Gasteiger partial charge in [-0.15, -0.1) is 0 Å². The molecule has 0 fully saturated rings. The Balaban J connectivity index is 1.85. The summed E-state index contributed by atoms with van der Waals surface area (Å²) in [4.78, 5) is 18.0. The van der Waals surface area contributed by atoms with Gasteiger partial charge in [0.1, 0.15) is 5.69 Å². The Labute approximate surface area is 149 Å². The molecule has 2 aromatic carbocycles. The predicted molar refractivity (Wildman–Crippen MR) is 99.1 cm³/mol. The molecular formula is C19H19BrN2O2. The van der Waals surface area contributed by atoms with Gasteiger partial charge in [-0.25, -0.2) is 0 Å². The number of methoxy groups -OCH3 is 1. The molecule has 0 unspecified atom stereocenters. The molecule has 0 aliphatic heterocycles. The molecule has 0 aliphatic rings. The Bertz CT molecular complexity index is 830. The van der Waals surface area contributed by atoms with Crippen molar-refractivity contribution in [1.29, 1.82) is 0 Å². The average molecular weight is 387 g/mol. The van der Waals surface area contributed by atoms with Crippen LogP contribution >= 0.6 is 15.9 Å². The van der Waals surface area contributed by atoms with Crippen molar-refractivity contribution in [3.63, 3.8) is 0 Å². The first-order valence-electron chi connectivity index (χ1n) is 7.78. The summed E-state index contributed by atoms with van der Waals surface area (Å²) in [7, 11) is 1.64. The fraction of sp³-hybridized carbons (Fsp3) is 0.211. The van der Waals surface area contributed by atoms with Gasteiger partial charge in [0.15, 0.2) is 0 Å². The molecule has 0 saturated heterocycles. The Hall–Kier alpha value is -2.11. The molecule has 0 aliphatic carbocycles. The summed E-state index contributed by atoms with van der Waals surface area (Å²) < 4.78 is 6.15. The molecule has 1 amide bonds. The Morgan fingerprint density at radius 1 is 1.17 bits per heavy atom. The van der Waals surface area contributed by atoms with Gasteiger partial charge in [0, 0.05) is 35.6 Å². The van der Waals surface area contributed by atoms with Crippen LogP contribution in [-0.4, -0.2) is 36.1 Å². The van der Waals surface area contributed by atoms with E-state index < -0.39 is 0 Å². The first-order chi connectivity index (χ1) is 11.7. The number of rotatable bonds is 6. The van der Waals surface area contributed by atoms with Crippen LogP contribution in [-0.2, 0) is 11.3 Å². The number of nitrogens with one attached hydrogen (secondary N) is 1. The number of fused-ring (bicyclic) bond motifs is 1. The van der Waals surface area contributed by atoms with Gasteiger partial charge in [-0.2, -0.15) is 0 Å². The van der Waals surface area contributed by atoms with E-state index in [1.54, 1.807) is 12.0 Å². The van der Waals surface area contributed by atoms with Crippen LogP contribution in [0.4, 0.5) is 0 Å². The van der Waals surface area contributed by atoms with Crippen molar-refractivity contribution >= 4 is 32.7 Å². The highest BCUT2D eigenvalue weighted by molar-refractivity contribution is 9.10. The molecule has 4 nitrogen and oxygen atoms in total. The third-order valence-corrected chi connectivity index (χ3v) is 4.38. The number of H-pyrrole nitrogens is 1. The minimum absolute atomic E-state index is 0.0248. The summed E-state index contributed by atoms with van der Waals surface area (Å²) in [6.07, 6.45) is 0. The highest BCUT2D eigenvalue weighted by atomic mass is 79.9. The van der Waals surface area contributed by atoms with Crippen molar-refractivity contribution in [3.05, 3.63) is 70.3 Å². The molecule has 0 radical (unpaired) electrons. The molecule has 0 spiro atoms. The number of hydrogen-bond acceptors (Lipinski definition) is 2. The maximum Gasteiger partial charge on any atom is 0.270 e. The summed E-state index contributed by atoms with van der Waals surface area (Å²) in [6.45, 7) is 1.61. The van der Waals surface area contributed by atoms with Crippen molar-refractivity contribution in [2.45, 2.75) is 6.54 Å². The van der Waals surface area contributed by atoms with Gasteiger partial charge in [-0.05, 0) is 29.8 Å². The molecule has 1 N–H and O–H groups in total. The number of nitrogens with zero attached hydrogens (tertiary/aromatic N) is 1. The lowest BCUT2D eigenvalue weighted by Gasteiger charge is -2.22. The van der Waals surface area contributed by atoms with Crippen LogP contribution in [0, 0.1) is 0 Å². The van der Waals surface area contributed by atoms with E-state index in [0.717, 1.165) is 20.9 Å². The van der Waals surface area contributed by atoms with Crippen molar-refractivity contribution < 1.29 is 9.53 Å². The van der Waals surface area contributed by atoms with Gasteiger partial charge in [-0.1, -0.05) is 46.3 Å². The number of aromatic nitrogens is 1. The second-order valence-corrected chi connectivity index (χ2v) is 6.54. The van der Waals surface area contributed by atoms with Crippen LogP contribution < -0.4 is 0 Å². The fourth-order valence-electron chi connectivity index (χ4n) is 2.65. The van der Waals surface area contributed by atoms with E-state index in [1.165, 1.54) is 0 Å². The Morgan fingerprint density at radius 2 is 1.96 bits per heavy atom. The minimum Gasteiger partial charge on any atom is -0.383 e. The summed E-state index contributed by atoms with van der Waals surface area (Å²) in [6, 6.07) is 17.8. The quantitative estimate of drug-likeness (QED) is 0.689. The lowest BCUT2D eigenvalue weighted by Crippen LogP contribution is -2.33. The molecule has 0 saturated carbocycles. The van der Waals surface area contributed by atoms with Gasteiger partial charge in [0.2, 0.25) is 0 Å². The van der Waals surface area contributed by atoms with Crippen LogP contribution in [0.5, 0.6) is 0 Å². The summed E-state index contributed by atoms with van der Waals surface area (Å²) in [5, 5.41) is 1.01. The van der Waals surface area contributed by atoms with E-state index >= 15 is 0 Å². The molecule has 3 aromatic rings. The number of halogens is 1. The van der Waals surface area contributed by atoms with Crippen LogP contribution in [0.3, 0.4) is 0 Å². The SMILES string of the molecule is COCCN(Cc1ccccc1)C(=O)c1cc2cc(Br)ccc2[nH]1. The third-order valence-electron chi connectivity index (χ3n) is 3.88. The topological polar surface area (TPSA) is 45.3 Å². The zero-order valence-corrected chi connectivity index (χ0v) is 15.0. The predicted octanol–water partition coefficient (Wildman–Crippen LogP) is 4.22. The van der Waals surface area contributed by atoms with Crippen molar-refractivity contribution in [2.75, 3.05) is 20.3 Å². The highest BCUT2D eigenvalue weighted by Crippen LogP contribution is 2.21. The number of amides is 1. The largest absolute Gasteiger partial charge is 0.383 e. The van der Waals surface area contributed by atoms with Crippen LogP contribution in [0.1, 0.15) is 16.1 Å². The summed E-state index contributed by atoms with van der Waals surface area (Å²) in [5.41, 5.74) is 2.64. The molecule has 1 aromatic heterocycles. The van der Waals surface area contributed by atoms with E-state index in [0.29, 0.717) is 25.4 Å². The number of carbonyl (C=O) groups is 1. The third kappa shape index (κ3) is 3.86. The highest BCUT2D eigenvalue weighted by Gasteiger charge is 2.18. The molecule has 5 heteroatoms. The van der Waals surface area contributed by atoms with Crippen LogP contribution in [0.2, 0.25) is 0 Å². The van der Waals surface area contributed by atoms with Crippen LogP contribution in [0.25, 0.3) is 10.9 Å². The molecular weight excluding hydrogens is 368 g/mol. The summed E-state index contributed by atoms with van der Waals surface area (Å²) >= 11 is 3.46. The van der Waals surface area contributed by atoms with Crippen LogP contribution in [0.15, 0.2) is 59.1 Å². The van der Waals surface area contributed by atoms with E-state index in [4.69, 9.17) is 4.74 Å². The van der Waals surface area contributed by atoms with E-state index in [1.807, 2.05) is 54.6 Å². The van der Waals surface area contributed by atoms with E-state index in [9.17, 15) is 4.79 Å². The second-order valence-electron chi connectivity index (χ2n) is 5.62. The maximum atomic E-state index is 12.9. The Kier molecular flexibility index (Phi) is 5.33. The van der Waals surface area contributed by atoms with Crippen molar-refractivity contribution in [2.24, 2.45) is 0 Å². The molecule has 0 atom stereocenters. The molecule has 0 bridgehead atoms. The molecule has 124 valence electrons. The molecule has 1 heterocycles. The number of hydrogen-bond donors (Lipinski definition) is 1. The van der Waals surface area contributed by atoms with Gasteiger partial charge < -0.3 is 14.6 Å². The molecule has 24 heavy (non-hydrogen) atoms. The normalized spacial score (nSPS) is 10.9. The van der Waals surface area contributed by atoms with Crippen molar-refractivity contribution in [1.82, 2.24) is 9.88 Å². The Morgan fingerprint density at radius 3 is 2.71 bits per heavy atom. The smallest absolute Gasteiger partial charge is 0.270 e. The first kappa shape index (κ1) is 16.7. The van der Waals surface area contributed by atoms with E-state index in [-0.39, 0.29) is 5.91 Å². The number of benzene rings is 2. The zero-order chi connectivity index (χ0) is 16.9. The number of carbonyl (C=O) groups excluding carboxylic acids is 1. The van der Waals surface area contributed by atoms with Gasteiger partial charge in [0.05, 0.1) is 6.61 Å². The lowest BCUT2D eigenvalue weighted by molar-refractivity contribution is 0.0675.